The number of hydrogen-bond acceptors (Lipinski definition) is 11. The number of Topliss-reactive ketones (excluding diaryl/α,β-unsaturated/α-hetero) is 2. The van der Waals surface area contributed by atoms with Crippen LogP contribution in [0.25, 0.3) is 0 Å². The third-order valence-corrected chi connectivity index (χ3v) is 9.87. The summed E-state index contributed by atoms with van der Waals surface area (Å²) in [5.41, 5.74) is 8.81. The Labute approximate surface area is 236 Å². The number of fused-ring (bicyclic) bond motifs is 3. The van der Waals surface area contributed by atoms with Gasteiger partial charge < -0.3 is 41.9 Å². The maximum absolute atomic E-state index is 13.9. The SMILES string of the molecule is COc1c([C@@H]2CCCN2C2CCNCC2)cc(O)c2c1C[C@H]1C[C@H]3[C@H](N)C(O)=C(C(N)=O)C(=O)[C@@]3(O)C(O)=C1C2=O. The Morgan fingerprint density at radius 3 is 2.54 bits per heavy atom. The summed E-state index contributed by atoms with van der Waals surface area (Å²) in [6.07, 6.45) is 4.02. The van der Waals surface area contributed by atoms with E-state index in [-0.39, 0.29) is 35.8 Å². The molecule has 0 unspecified atom stereocenters. The molecule has 9 N–H and O–H groups in total. The average molecular weight is 569 g/mol. The summed E-state index contributed by atoms with van der Waals surface area (Å²) in [7, 11) is 1.52. The van der Waals surface area contributed by atoms with Gasteiger partial charge in [-0.15, -0.1) is 0 Å². The molecular formula is C29H36N4O8. The number of carbonyl (C=O) groups excluding carboxylic acids is 3. The number of nitrogens with two attached hydrogens (primary N) is 2. The van der Waals surface area contributed by atoms with Crippen molar-refractivity contribution in [2.45, 2.75) is 62.3 Å². The third kappa shape index (κ3) is 3.84. The zero-order valence-corrected chi connectivity index (χ0v) is 22.9. The van der Waals surface area contributed by atoms with E-state index in [0.717, 1.165) is 50.9 Å². The Balaban J connectivity index is 1.45. The molecule has 6 rings (SSSR count). The second-order valence-electron chi connectivity index (χ2n) is 11.8. The van der Waals surface area contributed by atoms with Crippen LogP contribution in [-0.4, -0.2) is 87.2 Å². The van der Waals surface area contributed by atoms with E-state index in [9.17, 15) is 34.8 Å². The lowest BCUT2D eigenvalue weighted by Crippen LogP contribution is -2.63. The van der Waals surface area contributed by atoms with Crippen LogP contribution >= 0.6 is 0 Å². The number of hydrogen-bond donors (Lipinski definition) is 7. The minimum Gasteiger partial charge on any atom is -0.510 e. The monoisotopic (exact) mass is 568 g/mol. The highest BCUT2D eigenvalue weighted by molar-refractivity contribution is 6.24. The number of phenolic OH excluding ortho intramolecular Hbond substituents is 1. The van der Waals surface area contributed by atoms with Crippen molar-refractivity contribution in [2.75, 3.05) is 26.7 Å². The summed E-state index contributed by atoms with van der Waals surface area (Å²) in [6, 6.07) is 0.567. The number of aliphatic hydroxyl groups is 3. The van der Waals surface area contributed by atoms with Gasteiger partial charge in [-0.25, -0.2) is 0 Å². The number of phenols is 1. The molecule has 0 radical (unpaired) electrons. The molecule has 0 bridgehead atoms. The largest absolute Gasteiger partial charge is 0.510 e. The molecule has 12 nitrogen and oxygen atoms in total. The van der Waals surface area contributed by atoms with E-state index in [2.05, 4.69) is 10.2 Å². The second kappa shape index (κ2) is 9.83. The van der Waals surface area contributed by atoms with Crippen molar-refractivity contribution in [3.8, 4) is 11.5 Å². The number of primary amides is 1. The number of methoxy groups -OCH3 is 1. The summed E-state index contributed by atoms with van der Waals surface area (Å²) >= 11 is 0. The number of aromatic hydroxyl groups is 1. The van der Waals surface area contributed by atoms with Crippen LogP contribution < -0.4 is 21.5 Å². The molecule has 0 aromatic heterocycles. The summed E-state index contributed by atoms with van der Waals surface area (Å²) in [5, 5.41) is 48.0. The molecule has 2 fully saturated rings. The summed E-state index contributed by atoms with van der Waals surface area (Å²) < 4.78 is 5.92. The van der Waals surface area contributed by atoms with E-state index in [1.54, 1.807) is 6.07 Å². The van der Waals surface area contributed by atoms with Gasteiger partial charge in [0, 0.05) is 34.7 Å². The molecule has 1 aromatic rings. The Bertz CT molecular complexity index is 1410. The number of amides is 1. The van der Waals surface area contributed by atoms with Crippen molar-refractivity contribution < 1.29 is 39.5 Å². The van der Waals surface area contributed by atoms with Crippen LogP contribution in [0, 0.1) is 11.8 Å². The zero-order chi connectivity index (χ0) is 29.4. The Kier molecular flexibility index (Phi) is 6.64. The molecule has 1 amide bonds. The van der Waals surface area contributed by atoms with Crippen LogP contribution in [0.5, 0.6) is 11.5 Å². The molecule has 220 valence electrons. The molecule has 0 saturated carbocycles. The van der Waals surface area contributed by atoms with Crippen molar-refractivity contribution >= 4 is 17.5 Å². The van der Waals surface area contributed by atoms with E-state index in [1.807, 2.05) is 0 Å². The van der Waals surface area contributed by atoms with E-state index in [0.29, 0.717) is 17.4 Å². The fourth-order valence-electron chi connectivity index (χ4n) is 7.98. The lowest BCUT2D eigenvalue weighted by atomic mass is 9.59. The first-order chi connectivity index (χ1) is 19.5. The Hall–Kier alpha value is -3.45. The van der Waals surface area contributed by atoms with Gasteiger partial charge in [-0.2, -0.15) is 0 Å². The summed E-state index contributed by atoms with van der Waals surface area (Å²) in [4.78, 5) is 41.5. The maximum atomic E-state index is 13.9. The van der Waals surface area contributed by atoms with Crippen LogP contribution in [-0.2, 0) is 16.0 Å². The summed E-state index contributed by atoms with van der Waals surface area (Å²) in [5.74, 6) is -6.76. The fourth-order valence-corrected chi connectivity index (χ4v) is 7.98. The van der Waals surface area contributed by atoms with Crippen molar-refractivity contribution in [3.05, 3.63) is 45.4 Å². The van der Waals surface area contributed by atoms with Gasteiger partial charge in [-0.1, -0.05) is 0 Å². The summed E-state index contributed by atoms with van der Waals surface area (Å²) in [6.45, 7) is 2.81. The van der Waals surface area contributed by atoms with E-state index in [1.165, 1.54) is 7.11 Å². The first-order valence-corrected chi connectivity index (χ1v) is 14.1. The number of ketones is 2. The number of aliphatic hydroxyl groups excluding tert-OH is 2. The minimum absolute atomic E-state index is 0.000153. The number of carbonyl (C=O) groups is 3. The first kappa shape index (κ1) is 27.7. The van der Waals surface area contributed by atoms with Gasteiger partial charge in [0.25, 0.3) is 5.91 Å². The van der Waals surface area contributed by atoms with Gasteiger partial charge in [-0.05, 0) is 70.1 Å². The highest BCUT2D eigenvalue weighted by Crippen LogP contribution is 2.54. The number of ether oxygens (including phenoxy) is 1. The molecule has 41 heavy (non-hydrogen) atoms. The predicted molar refractivity (Wildman–Crippen MR) is 145 cm³/mol. The molecule has 3 aliphatic carbocycles. The quantitative estimate of drug-likeness (QED) is 0.248. The van der Waals surface area contributed by atoms with Crippen molar-refractivity contribution in [1.82, 2.24) is 10.2 Å². The van der Waals surface area contributed by atoms with E-state index >= 15 is 0 Å². The number of likely N-dealkylation sites (tertiary alicyclic amines) is 1. The number of rotatable bonds is 4. The number of nitrogens with one attached hydrogen (secondary N) is 1. The molecule has 2 heterocycles. The molecular weight excluding hydrogens is 532 g/mol. The second-order valence-corrected chi connectivity index (χ2v) is 11.8. The van der Waals surface area contributed by atoms with Crippen LogP contribution in [0.1, 0.15) is 59.6 Å². The molecule has 5 aliphatic rings. The zero-order valence-electron chi connectivity index (χ0n) is 22.9. The number of allylic oxidation sites excluding steroid dienone is 1. The van der Waals surface area contributed by atoms with Crippen LogP contribution in [0.4, 0.5) is 0 Å². The molecule has 1 aromatic carbocycles. The number of benzene rings is 1. The van der Waals surface area contributed by atoms with Gasteiger partial charge in [0.05, 0.1) is 18.7 Å². The lowest BCUT2D eigenvalue weighted by molar-refractivity contribution is -0.145. The van der Waals surface area contributed by atoms with Gasteiger partial charge >= 0.3 is 0 Å². The third-order valence-electron chi connectivity index (χ3n) is 9.87. The van der Waals surface area contributed by atoms with Crippen LogP contribution in [0.3, 0.4) is 0 Å². The number of piperidine rings is 1. The first-order valence-electron chi connectivity index (χ1n) is 14.1. The van der Waals surface area contributed by atoms with Crippen molar-refractivity contribution in [3.63, 3.8) is 0 Å². The smallest absolute Gasteiger partial charge is 0.255 e. The van der Waals surface area contributed by atoms with Crippen molar-refractivity contribution in [2.24, 2.45) is 23.3 Å². The molecule has 2 aliphatic heterocycles. The van der Waals surface area contributed by atoms with Crippen molar-refractivity contribution in [1.29, 1.82) is 0 Å². The van der Waals surface area contributed by atoms with Gasteiger partial charge in [0.15, 0.2) is 11.4 Å². The lowest BCUT2D eigenvalue weighted by Gasteiger charge is -2.48. The van der Waals surface area contributed by atoms with Gasteiger partial charge in [0.2, 0.25) is 5.78 Å². The van der Waals surface area contributed by atoms with Crippen LogP contribution in [0.2, 0.25) is 0 Å². The molecule has 0 spiro atoms. The van der Waals surface area contributed by atoms with Gasteiger partial charge in [-0.3, -0.25) is 19.3 Å². The molecule has 12 heteroatoms. The minimum atomic E-state index is -2.73. The highest BCUT2D eigenvalue weighted by Gasteiger charge is 2.62. The number of nitrogens with zero attached hydrogens (tertiary/aromatic N) is 1. The standard InChI is InChI=1S/C29H36N4O8/c1-41-25-14(17-3-2-8-33(17)13-4-6-32-7-5-13)11-18(34)20-15(25)9-12-10-16-22(30)24(36)21(28(31)39)27(38)29(16,40)26(37)19(12)23(20)35/h11-13,16-17,22,32,34,36-37,40H,2-10,30H2,1H3,(H2,31,39)/t12-,16-,17-,22-,29-/m0/s1. The Morgan fingerprint density at radius 1 is 1.17 bits per heavy atom. The normalized spacial score (nSPS) is 32.6. The van der Waals surface area contributed by atoms with Crippen LogP contribution in [0.15, 0.2) is 28.7 Å². The average Bonchev–Trinajstić information content (AvgIpc) is 3.43. The highest BCUT2D eigenvalue weighted by atomic mass is 16.5. The fraction of sp³-hybridized carbons (Fsp3) is 0.552. The van der Waals surface area contributed by atoms with E-state index in [4.69, 9.17) is 16.2 Å². The topological polar surface area (TPSA) is 209 Å². The molecule has 5 atom stereocenters. The predicted octanol–water partition coefficient (Wildman–Crippen LogP) is 0.415. The molecule has 2 saturated heterocycles. The Morgan fingerprint density at radius 2 is 1.88 bits per heavy atom. The van der Waals surface area contributed by atoms with E-state index < -0.39 is 58.0 Å². The van der Waals surface area contributed by atoms with Gasteiger partial charge in [0.1, 0.15) is 28.6 Å². The maximum Gasteiger partial charge on any atom is 0.255 e.